The highest BCUT2D eigenvalue weighted by Gasteiger charge is 2.36. The van der Waals surface area contributed by atoms with Crippen LogP contribution in [0.5, 0.6) is 0 Å². The van der Waals surface area contributed by atoms with E-state index in [1.807, 2.05) is 0 Å². The highest BCUT2D eigenvalue weighted by molar-refractivity contribution is 8.17. The number of hydrogen-bond acceptors (Lipinski definition) is 6. The Morgan fingerprint density at radius 1 is 1.22 bits per heavy atom. The van der Waals surface area contributed by atoms with Gasteiger partial charge in [-0.2, -0.15) is 29.1 Å². The van der Waals surface area contributed by atoms with E-state index >= 15 is 0 Å². The third-order valence-electron chi connectivity index (χ3n) is 7.13. The molecule has 1 fully saturated rings. The molecule has 0 bridgehead atoms. The number of aromatic nitrogens is 2. The van der Waals surface area contributed by atoms with Crippen LogP contribution in [0.4, 0.5) is 23.4 Å². The van der Waals surface area contributed by atoms with Crippen molar-refractivity contribution in [2.45, 2.75) is 28.6 Å². The molecule has 1 aromatic heterocycles. The summed E-state index contributed by atoms with van der Waals surface area (Å²) in [5.41, 5.74) is -1.23. The van der Waals surface area contributed by atoms with Crippen molar-refractivity contribution < 1.29 is 31.8 Å². The normalized spacial score (nSPS) is 20.2. The van der Waals surface area contributed by atoms with Gasteiger partial charge in [0, 0.05) is 49.3 Å². The molecule has 5 rings (SSSR count). The SMILES string of the molecule is C=CC(=O)N1CCN(c2nc(=O)n3c4c(cc(C(F)(F)F)cc24)[SH](c2ccc(F)c(Cl)c2)C[C@@H](OCOC)C3)CC1. The van der Waals surface area contributed by atoms with Crippen LogP contribution in [0.2, 0.25) is 5.02 Å². The van der Waals surface area contributed by atoms with Crippen LogP contribution in [0, 0.1) is 5.82 Å². The minimum atomic E-state index is -4.70. The minimum Gasteiger partial charge on any atom is -0.359 e. The predicted molar refractivity (Wildman–Crippen MR) is 149 cm³/mol. The van der Waals surface area contributed by atoms with Gasteiger partial charge in [-0.05, 0) is 41.3 Å². The molecule has 0 saturated carbocycles. The molecule has 0 spiro atoms. The molecule has 2 atom stereocenters. The lowest BCUT2D eigenvalue weighted by Crippen LogP contribution is -2.49. The number of amides is 1. The first-order chi connectivity index (χ1) is 19.5. The fourth-order valence-electron chi connectivity index (χ4n) is 5.16. The standard InChI is InChI=1S/C27H27ClF4N4O4S/c1-3-23(37)34-6-8-35(9-7-34)25-19-10-16(27(30,31)32)11-22-24(19)36(26(38)33-25)13-17(40-15-39-2)14-41(22)18-4-5-21(29)20(28)12-18/h3-5,10-12,17,41H,1,6-9,13-15H2,2H3/t17-/m0/s1. The molecule has 2 aliphatic heterocycles. The van der Waals surface area contributed by atoms with Gasteiger partial charge in [0.05, 0.1) is 28.8 Å². The number of ether oxygens (including phenoxy) is 2. The number of carbonyl (C=O) groups excluding carboxylic acids is 1. The Kier molecular flexibility index (Phi) is 8.33. The molecule has 14 heteroatoms. The number of rotatable bonds is 6. The lowest BCUT2D eigenvalue weighted by Gasteiger charge is -2.35. The predicted octanol–water partition coefficient (Wildman–Crippen LogP) is 4.46. The third-order valence-corrected chi connectivity index (χ3v) is 10.0. The van der Waals surface area contributed by atoms with Crippen LogP contribution < -0.4 is 10.6 Å². The molecule has 8 nitrogen and oxygen atoms in total. The maximum Gasteiger partial charge on any atom is 0.416 e. The second kappa shape index (κ2) is 11.6. The first kappa shape index (κ1) is 29.4. The number of benzene rings is 2. The molecule has 0 aliphatic carbocycles. The number of carbonyl (C=O) groups is 1. The molecule has 41 heavy (non-hydrogen) atoms. The monoisotopic (exact) mass is 614 g/mol. The van der Waals surface area contributed by atoms with Crippen molar-refractivity contribution in [3.8, 4) is 0 Å². The fraction of sp³-hybridized carbons (Fsp3) is 0.370. The average molecular weight is 615 g/mol. The van der Waals surface area contributed by atoms with Crippen LogP contribution in [0.15, 0.2) is 57.6 Å². The average Bonchev–Trinajstić information content (AvgIpc) is 3.12. The summed E-state index contributed by atoms with van der Waals surface area (Å²) in [7, 11) is -0.171. The molecular formula is C27H27ClF4N4O4S. The summed E-state index contributed by atoms with van der Waals surface area (Å²) in [5, 5.41) is -0.00222. The Morgan fingerprint density at radius 3 is 2.59 bits per heavy atom. The summed E-state index contributed by atoms with van der Waals surface area (Å²) < 4.78 is 69.3. The Bertz CT molecular complexity index is 1560. The molecule has 2 aromatic carbocycles. The number of methoxy groups -OCH3 is 1. The molecule has 2 aliphatic rings. The van der Waals surface area contributed by atoms with E-state index in [9.17, 15) is 27.2 Å². The largest absolute Gasteiger partial charge is 0.416 e. The number of piperazine rings is 1. The van der Waals surface area contributed by atoms with Crippen molar-refractivity contribution in [2.24, 2.45) is 0 Å². The van der Waals surface area contributed by atoms with Crippen molar-refractivity contribution in [3.05, 3.63) is 69.9 Å². The van der Waals surface area contributed by atoms with E-state index in [-0.39, 0.29) is 72.3 Å². The van der Waals surface area contributed by atoms with E-state index in [4.69, 9.17) is 21.1 Å². The molecule has 1 unspecified atom stereocenters. The van der Waals surface area contributed by atoms with Crippen LogP contribution in [0.3, 0.4) is 0 Å². The summed E-state index contributed by atoms with van der Waals surface area (Å²) in [6.07, 6.45) is -4.11. The van der Waals surface area contributed by atoms with Crippen molar-refractivity contribution >= 4 is 45.1 Å². The molecule has 1 saturated heterocycles. The van der Waals surface area contributed by atoms with E-state index in [1.165, 1.54) is 36.0 Å². The van der Waals surface area contributed by atoms with Crippen LogP contribution in [-0.4, -0.2) is 72.3 Å². The first-order valence-electron chi connectivity index (χ1n) is 12.7. The Morgan fingerprint density at radius 2 is 1.95 bits per heavy atom. The Hall–Kier alpha value is -3.13. The van der Waals surface area contributed by atoms with E-state index in [0.29, 0.717) is 10.4 Å². The van der Waals surface area contributed by atoms with Crippen LogP contribution in [-0.2, 0) is 27.0 Å². The molecule has 220 valence electrons. The Balaban J connectivity index is 1.74. The second-order valence-electron chi connectivity index (χ2n) is 9.64. The molecule has 3 aromatic rings. The van der Waals surface area contributed by atoms with Gasteiger partial charge < -0.3 is 19.3 Å². The van der Waals surface area contributed by atoms with Gasteiger partial charge in [-0.3, -0.25) is 9.36 Å². The van der Waals surface area contributed by atoms with E-state index < -0.39 is 40.2 Å². The van der Waals surface area contributed by atoms with Crippen molar-refractivity contribution in [1.29, 1.82) is 0 Å². The summed E-state index contributed by atoms with van der Waals surface area (Å²) in [4.78, 5) is 33.9. The second-order valence-corrected chi connectivity index (χ2v) is 12.3. The number of thiol groups is 1. The molecule has 0 radical (unpaired) electrons. The van der Waals surface area contributed by atoms with Crippen LogP contribution in [0.25, 0.3) is 10.9 Å². The van der Waals surface area contributed by atoms with Gasteiger partial charge in [0.2, 0.25) is 5.91 Å². The summed E-state index contributed by atoms with van der Waals surface area (Å²) in [6.45, 7) is 4.53. The third kappa shape index (κ3) is 5.81. The smallest absolute Gasteiger partial charge is 0.359 e. The molecule has 3 heterocycles. The van der Waals surface area contributed by atoms with E-state index in [0.717, 1.165) is 12.1 Å². The van der Waals surface area contributed by atoms with Crippen molar-refractivity contribution in [3.63, 3.8) is 0 Å². The van der Waals surface area contributed by atoms with Gasteiger partial charge in [0.1, 0.15) is 18.4 Å². The number of halogens is 5. The lowest BCUT2D eigenvalue weighted by atomic mass is 10.1. The number of nitrogens with zero attached hydrogens (tertiary/aromatic N) is 4. The van der Waals surface area contributed by atoms with Crippen molar-refractivity contribution in [1.82, 2.24) is 14.5 Å². The highest BCUT2D eigenvalue weighted by Crippen LogP contribution is 2.52. The summed E-state index contributed by atoms with van der Waals surface area (Å²) >= 11 is 6.10. The van der Waals surface area contributed by atoms with Gasteiger partial charge in [-0.25, -0.2) is 9.18 Å². The maximum atomic E-state index is 14.3. The summed E-state index contributed by atoms with van der Waals surface area (Å²) in [6, 6.07) is 6.16. The van der Waals surface area contributed by atoms with E-state index in [2.05, 4.69) is 11.6 Å². The Labute approximate surface area is 240 Å². The zero-order valence-corrected chi connectivity index (χ0v) is 23.6. The molecular weight excluding hydrogens is 588 g/mol. The quantitative estimate of drug-likeness (QED) is 0.191. The van der Waals surface area contributed by atoms with Gasteiger partial charge in [-0.15, -0.1) is 0 Å². The maximum absolute atomic E-state index is 14.3. The van der Waals surface area contributed by atoms with Gasteiger partial charge >= 0.3 is 11.9 Å². The molecule has 1 amide bonds. The highest BCUT2D eigenvalue weighted by atomic mass is 35.5. The number of hydrogen-bond donors (Lipinski definition) is 1. The van der Waals surface area contributed by atoms with Gasteiger partial charge in [-0.1, -0.05) is 18.2 Å². The minimum absolute atomic E-state index is 0.0275. The lowest BCUT2D eigenvalue weighted by molar-refractivity contribution is -0.137. The first-order valence-corrected chi connectivity index (χ1v) is 14.6. The topological polar surface area (TPSA) is 76.9 Å². The number of anilines is 1. The van der Waals surface area contributed by atoms with Crippen LogP contribution >= 0.6 is 22.5 Å². The fourth-order valence-corrected chi connectivity index (χ4v) is 8.06. The van der Waals surface area contributed by atoms with Gasteiger partial charge in [0.25, 0.3) is 0 Å². The van der Waals surface area contributed by atoms with Gasteiger partial charge in [0.15, 0.2) is 0 Å². The zero-order valence-electron chi connectivity index (χ0n) is 22.0. The summed E-state index contributed by atoms with van der Waals surface area (Å²) in [5.74, 6) is -0.562. The van der Waals surface area contributed by atoms with Crippen molar-refractivity contribution in [2.75, 3.05) is 50.7 Å². The number of alkyl halides is 3. The zero-order chi connectivity index (χ0) is 29.5. The van der Waals surface area contributed by atoms with Crippen LogP contribution in [0.1, 0.15) is 5.56 Å². The van der Waals surface area contributed by atoms with E-state index in [1.54, 1.807) is 9.80 Å². The molecule has 0 N–H and O–H groups in total.